The number of carbonyl (C=O) groups is 1. The van der Waals surface area contributed by atoms with Crippen LogP contribution in [0.5, 0.6) is 11.5 Å². The molecule has 32 heavy (non-hydrogen) atoms. The van der Waals surface area contributed by atoms with Crippen molar-refractivity contribution in [2.75, 3.05) is 36.6 Å². The smallest absolute Gasteiger partial charge is 0.264 e. The van der Waals surface area contributed by atoms with Gasteiger partial charge in [-0.15, -0.1) is 10.2 Å². The van der Waals surface area contributed by atoms with E-state index in [1.165, 1.54) is 4.68 Å². The van der Waals surface area contributed by atoms with Crippen LogP contribution in [-0.2, 0) is 4.79 Å². The van der Waals surface area contributed by atoms with E-state index in [0.29, 0.717) is 33.1 Å². The molecule has 0 aliphatic rings. The predicted molar refractivity (Wildman–Crippen MR) is 126 cm³/mol. The van der Waals surface area contributed by atoms with Gasteiger partial charge in [-0.25, -0.2) is 10.1 Å². The molecule has 4 N–H and O–H groups in total. The Morgan fingerprint density at radius 2 is 1.94 bits per heavy atom. The molecule has 0 aliphatic carbocycles. The highest BCUT2D eigenvalue weighted by Gasteiger charge is 2.13. The van der Waals surface area contributed by atoms with Crippen molar-refractivity contribution in [1.29, 1.82) is 0 Å². The molecule has 0 fully saturated rings. The first-order chi connectivity index (χ1) is 15.4. The fraction of sp³-hybridized carbons (Fsp3) is 0.200. The molecule has 0 unspecified atom stereocenters. The van der Waals surface area contributed by atoms with Gasteiger partial charge in [0.2, 0.25) is 11.1 Å². The number of rotatable bonds is 9. The van der Waals surface area contributed by atoms with Gasteiger partial charge in [0.1, 0.15) is 0 Å². The summed E-state index contributed by atoms with van der Waals surface area (Å²) in [4.78, 5) is 12.2. The third-order valence-corrected chi connectivity index (χ3v) is 5.54. The Labute approximate surface area is 194 Å². The second-order valence-electron chi connectivity index (χ2n) is 6.37. The predicted octanol–water partition coefficient (Wildman–Crippen LogP) is 3.23. The largest absolute Gasteiger partial charge is 0.493 e. The van der Waals surface area contributed by atoms with Crippen LogP contribution in [0.1, 0.15) is 12.5 Å². The van der Waals surface area contributed by atoms with Crippen LogP contribution in [0.2, 0.25) is 5.02 Å². The molecule has 3 aromatic rings. The number of hydrogen-bond donors (Lipinski definition) is 3. The average Bonchev–Trinajstić information content (AvgIpc) is 3.16. The van der Waals surface area contributed by atoms with E-state index in [0.717, 1.165) is 17.3 Å². The molecule has 3 rings (SSSR count). The SMILES string of the molecule is COc1ccc(/C(C)=N/Nc2nnc(SCC(=O)Nc3ccccc3Cl)n2N)cc1OC. The monoisotopic (exact) mass is 475 g/mol. The summed E-state index contributed by atoms with van der Waals surface area (Å²) in [6, 6.07) is 12.4. The Balaban J connectivity index is 1.61. The first kappa shape index (κ1) is 23.2. The van der Waals surface area contributed by atoms with Gasteiger partial charge in [-0.3, -0.25) is 4.79 Å². The third kappa shape index (κ3) is 5.62. The number of nitrogens with one attached hydrogen (secondary N) is 2. The van der Waals surface area contributed by atoms with E-state index in [2.05, 4.69) is 26.0 Å². The van der Waals surface area contributed by atoms with E-state index in [1.54, 1.807) is 44.6 Å². The first-order valence-electron chi connectivity index (χ1n) is 9.33. The second kappa shape index (κ2) is 10.7. The highest BCUT2D eigenvalue weighted by molar-refractivity contribution is 7.99. The number of aromatic nitrogens is 3. The Kier molecular flexibility index (Phi) is 7.79. The highest BCUT2D eigenvalue weighted by atomic mass is 35.5. The highest BCUT2D eigenvalue weighted by Crippen LogP contribution is 2.28. The lowest BCUT2D eigenvalue weighted by atomic mass is 10.1. The maximum Gasteiger partial charge on any atom is 0.264 e. The Bertz CT molecular complexity index is 1140. The zero-order valence-corrected chi connectivity index (χ0v) is 19.2. The van der Waals surface area contributed by atoms with Gasteiger partial charge in [0.15, 0.2) is 11.5 Å². The van der Waals surface area contributed by atoms with Gasteiger partial charge < -0.3 is 20.6 Å². The topological polar surface area (TPSA) is 129 Å². The number of ether oxygens (including phenoxy) is 2. The normalized spacial score (nSPS) is 11.2. The van der Waals surface area contributed by atoms with Crippen LogP contribution in [0.15, 0.2) is 52.7 Å². The van der Waals surface area contributed by atoms with Gasteiger partial charge >= 0.3 is 0 Å². The van der Waals surface area contributed by atoms with Crippen LogP contribution in [0.3, 0.4) is 0 Å². The minimum atomic E-state index is -0.247. The van der Waals surface area contributed by atoms with Gasteiger partial charge in [-0.1, -0.05) is 35.5 Å². The average molecular weight is 476 g/mol. The van der Waals surface area contributed by atoms with Gasteiger partial charge in [0.25, 0.3) is 5.95 Å². The molecule has 0 saturated heterocycles. The molecule has 0 saturated carbocycles. The Morgan fingerprint density at radius 1 is 1.19 bits per heavy atom. The summed E-state index contributed by atoms with van der Waals surface area (Å²) in [5.41, 5.74) is 4.81. The lowest BCUT2D eigenvalue weighted by molar-refractivity contribution is -0.113. The van der Waals surface area contributed by atoms with E-state index >= 15 is 0 Å². The molecule has 2 aromatic carbocycles. The number of amides is 1. The number of nitrogens with two attached hydrogens (primary N) is 1. The number of halogens is 1. The number of benzene rings is 2. The van der Waals surface area contributed by atoms with Crippen molar-refractivity contribution in [3.05, 3.63) is 53.1 Å². The van der Waals surface area contributed by atoms with Crippen LogP contribution >= 0.6 is 23.4 Å². The number of nitrogen functional groups attached to an aromatic ring is 1. The summed E-state index contributed by atoms with van der Waals surface area (Å²) < 4.78 is 11.8. The minimum Gasteiger partial charge on any atom is -0.493 e. The second-order valence-corrected chi connectivity index (χ2v) is 7.72. The molecule has 1 heterocycles. The molecule has 168 valence electrons. The first-order valence-corrected chi connectivity index (χ1v) is 10.7. The number of hydrazone groups is 1. The number of para-hydroxylation sites is 1. The minimum absolute atomic E-state index is 0.0779. The number of anilines is 2. The molecule has 0 atom stereocenters. The van der Waals surface area contributed by atoms with Crippen molar-refractivity contribution in [3.63, 3.8) is 0 Å². The van der Waals surface area contributed by atoms with E-state index < -0.39 is 0 Å². The van der Waals surface area contributed by atoms with Crippen LogP contribution in [0, 0.1) is 0 Å². The fourth-order valence-corrected chi connectivity index (χ4v) is 3.43. The molecule has 1 amide bonds. The van der Waals surface area contributed by atoms with Crippen LogP contribution in [-0.4, -0.2) is 46.5 Å². The van der Waals surface area contributed by atoms with E-state index in [9.17, 15) is 4.79 Å². The van der Waals surface area contributed by atoms with E-state index in [4.69, 9.17) is 26.9 Å². The van der Waals surface area contributed by atoms with E-state index in [-0.39, 0.29) is 17.6 Å². The fourth-order valence-electron chi connectivity index (χ4n) is 2.59. The third-order valence-electron chi connectivity index (χ3n) is 4.27. The number of carbonyl (C=O) groups excluding carboxylic acids is 1. The molecule has 10 nitrogen and oxygen atoms in total. The summed E-state index contributed by atoms with van der Waals surface area (Å²) >= 11 is 7.18. The lowest BCUT2D eigenvalue weighted by Gasteiger charge is -2.09. The zero-order valence-electron chi connectivity index (χ0n) is 17.6. The summed E-state index contributed by atoms with van der Waals surface area (Å²) in [6.07, 6.45) is 0. The molecule has 0 radical (unpaired) electrons. The lowest BCUT2D eigenvalue weighted by Crippen LogP contribution is -2.17. The van der Waals surface area contributed by atoms with Gasteiger partial charge in [-0.2, -0.15) is 5.10 Å². The number of thioether (sulfide) groups is 1. The van der Waals surface area contributed by atoms with Crippen LogP contribution in [0.25, 0.3) is 0 Å². The summed E-state index contributed by atoms with van der Waals surface area (Å²) in [7, 11) is 3.14. The molecule has 0 spiro atoms. The van der Waals surface area contributed by atoms with Gasteiger partial charge in [0, 0.05) is 5.56 Å². The standard InChI is InChI=1S/C20H22ClN7O3S/c1-12(13-8-9-16(30-2)17(10-13)31-3)24-25-19-26-27-20(28(19)22)32-11-18(29)23-15-7-5-4-6-14(15)21/h4-10H,11,22H2,1-3H3,(H,23,29)(H,25,26)/b24-12+. The van der Waals surface area contributed by atoms with Crippen molar-refractivity contribution in [2.24, 2.45) is 5.10 Å². The van der Waals surface area contributed by atoms with Crippen molar-refractivity contribution in [2.45, 2.75) is 12.1 Å². The zero-order chi connectivity index (χ0) is 23.1. The Hall–Kier alpha value is -3.44. The Morgan fingerprint density at radius 3 is 2.66 bits per heavy atom. The maximum atomic E-state index is 12.2. The van der Waals surface area contributed by atoms with Crippen molar-refractivity contribution >= 4 is 46.6 Å². The maximum absolute atomic E-state index is 12.2. The molecule has 1 aromatic heterocycles. The quantitative estimate of drug-likeness (QED) is 0.186. The van der Waals surface area contributed by atoms with Crippen LogP contribution in [0.4, 0.5) is 11.6 Å². The number of nitrogens with zero attached hydrogens (tertiary/aromatic N) is 4. The van der Waals surface area contributed by atoms with Crippen LogP contribution < -0.4 is 26.1 Å². The van der Waals surface area contributed by atoms with Crippen molar-refractivity contribution < 1.29 is 14.3 Å². The van der Waals surface area contributed by atoms with Crippen molar-refractivity contribution in [1.82, 2.24) is 14.9 Å². The van der Waals surface area contributed by atoms with E-state index in [1.807, 2.05) is 19.1 Å². The summed E-state index contributed by atoms with van der Waals surface area (Å²) in [5.74, 6) is 7.29. The number of hydrogen-bond acceptors (Lipinski definition) is 9. The summed E-state index contributed by atoms with van der Waals surface area (Å²) in [6.45, 7) is 1.82. The molecule has 0 aliphatic heterocycles. The van der Waals surface area contributed by atoms with Crippen molar-refractivity contribution in [3.8, 4) is 11.5 Å². The number of methoxy groups -OCH3 is 2. The summed E-state index contributed by atoms with van der Waals surface area (Å²) in [5, 5.41) is 15.8. The molecule has 0 bridgehead atoms. The molecule has 12 heteroatoms. The van der Waals surface area contributed by atoms with Gasteiger partial charge in [0.05, 0.1) is 36.4 Å². The molecular weight excluding hydrogens is 454 g/mol. The van der Waals surface area contributed by atoms with Gasteiger partial charge in [-0.05, 0) is 37.3 Å². The molecular formula is C20H22ClN7O3S.